The van der Waals surface area contributed by atoms with Gasteiger partial charge in [-0.2, -0.15) is 0 Å². The largest absolute Gasteiger partial charge is 0.493 e. The Kier molecular flexibility index (Phi) is 11.8. The molecule has 0 aromatic heterocycles. The summed E-state index contributed by atoms with van der Waals surface area (Å²) >= 11 is 0. The average molecular weight is 596 g/mol. The molecule has 2 amide bonds. The van der Waals surface area contributed by atoms with Gasteiger partial charge < -0.3 is 19.7 Å². The number of unbranched alkanes of at least 4 members (excludes halogenated alkanes) is 1. The van der Waals surface area contributed by atoms with Crippen molar-refractivity contribution in [1.29, 1.82) is 0 Å². The van der Waals surface area contributed by atoms with E-state index in [9.17, 15) is 18.0 Å². The van der Waals surface area contributed by atoms with Crippen LogP contribution in [0, 0.1) is 6.92 Å². The lowest BCUT2D eigenvalue weighted by molar-refractivity contribution is -0.140. The molecule has 9 nitrogen and oxygen atoms in total. The summed E-state index contributed by atoms with van der Waals surface area (Å²) in [5, 5.41) is 2.94. The van der Waals surface area contributed by atoms with E-state index in [0.717, 1.165) is 28.3 Å². The van der Waals surface area contributed by atoms with Gasteiger partial charge in [0.1, 0.15) is 12.6 Å². The van der Waals surface area contributed by atoms with Crippen molar-refractivity contribution in [3.05, 3.63) is 83.9 Å². The fraction of sp³-hybridized carbons (Fsp3) is 0.375. The number of ether oxygens (including phenoxy) is 2. The summed E-state index contributed by atoms with van der Waals surface area (Å²) in [5.74, 6) is -0.0493. The van der Waals surface area contributed by atoms with E-state index in [-0.39, 0.29) is 23.0 Å². The molecule has 0 saturated heterocycles. The summed E-state index contributed by atoms with van der Waals surface area (Å²) in [4.78, 5) is 29.0. The van der Waals surface area contributed by atoms with Gasteiger partial charge in [0.25, 0.3) is 10.0 Å². The summed E-state index contributed by atoms with van der Waals surface area (Å²) < 4.78 is 39.8. The molecular weight excluding hydrogens is 554 g/mol. The van der Waals surface area contributed by atoms with Gasteiger partial charge in [-0.25, -0.2) is 8.42 Å². The van der Waals surface area contributed by atoms with E-state index in [4.69, 9.17) is 9.47 Å². The van der Waals surface area contributed by atoms with Crippen LogP contribution >= 0.6 is 0 Å². The number of nitrogens with one attached hydrogen (secondary N) is 1. The Hall–Kier alpha value is -4.05. The zero-order chi connectivity index (χ0) is 30.7. The van der Waals surface area contributed by atoms with Gasteiger partial charge in [0.2, 0.25) is 11.8 Å². The van der Waals surface area contributed by atoms with Crippen LogP contribution in [-0.2, 0) is 26.2 Å². The number of carbonyl (C=O) groups is 2. The van der Waals surface area contributed by atoms with E-state index in [1.165, 1.54) is 37.3 Å². The number of aryl methyl sites for hydroxylation is 1. The molecular formula is C32H41N3O6S. The molecule has 0 fully saturated rings. The molecule has 0 bridgehead atoms. The van der Waals surface area contributed by atoms with Crippen molar-refractivity contribution in [2.24, 2.45) is 0 Å². The average Bonchev–Trinajstić information content (AvgIpc) is 3.00. The van der Waals surface area contributed by atoms with Crippen molar-refractivity contribution in [1.82, 2.24) is 10.2 Å². The predicted molar refractivity (Wildman–Crippen MR) is 164 cm³/mol. The van der Waals surface area contributed by atoms with Crippen LogP contribution < -0.4 is 19.1 Å². The fourth-order valence-corrected chi connectivity index (χ4v) is 5.97. The molecule has 0 radical (unpaired) electrons. The van der Waals surface area contributed by atoms with Crippen LogP contribution in [0.3, 0.4) is 0 Å². The number of anilines is 1. The van der Waals surface area contributed by atoms with Gasteiger partial charge in [0.05, 0.1) is 24.8 Å². The number of benzene rings is 3. The highest BCUT2D eigenvalue weighted by molar-refractivity contribution is 7.92. The molecule has 0 aliphatic rings. The number of nitrogens with zero attached hydrogens (tertiary/aromatic N) is 2. The minimum atomic E-state index is -4.19. The molecule has 10 heteroatoms. The van der Waals surface area contributed by atoms with Crippen molar-refractivity contribution in [3.63, 3.8) is 0 Å². The van der Waals surface area contributed by atoms with Gasteiger partial charge in [0.15, 0.2) is 11.5 Å². The van der Waals surface area contributed by atoms with Crippen LogP contribution in [0.25, 0.3) is 0 Å². The minimum absolute atomic E-state index is 0.0296. The maximum Gasteiger partial charge on any atom is 0.264 e. The van der Waals surface area contributed by atoms with Crippen molar-refractivity contribution >= 4 is 27.5 Å². The van der Waals surface area contributed by atoms with E-state index in [2.05, 4.69) is 5.32 Å². The van der Waals surface area contributed by atoms with Crippen LogP contribution in [0.15, 0.2) is 77.7 Å². The van der Waals surface area contributed by atoms with Crippen LogP contribution in [0.2, 0.25) is 0 Å². The van der Waals surface area contributed by atoms with Crippen LogP contribution in [0.1, 0.15) is 44.2 Å². The minimum Gasteiger partial charge on any atom is -0.493 e. The van der Waals surface area contributed by atoms with Gasteiger partial charge in [-0.1, -0.05) is 68.3 Å². The first-order chi connectivity index (χ1) is 20.2. The third kappa shape index (κ3) is 8.03. The molecule has 1 N–H and O–H groups in total. The summed E-state index contributed by atoms with van der Waals surface area (Å²) in [6, 6.07) is 19.5. The first-order valence-electron chi connectivity index (χ1n) is 14.1. The molecule has 0 spiro atoms. The lowest BCUT2D eigenvalue weighted by Crippen LogP contribution is -2.52. The molecule has 0 aliphatic carbocycles. The molecule has 42 heavy (non-hydrogen) atoms. The van der Waals surface area contributed by atoms with Gasteiger partial charge in [-0.05, 0) is 49.6 Å². The van der Waals surface area contributed by atoms with Crippen LogP contribution in [0.4, 0.5) is 5.69 Å². The lowest BCUT2D eigenvalue weighted by atomic mass is 10.1. The first-order valence-corrected chi connectivity index (χ1v) is 15.5. The van der Waals surface area contributed by atoms with Gasteiger partial charge in [-0.15, -0.1) is 0 Å². The fourth-order valence-electron chi connectivity index (χ4n) is 4.54. The normalized spacial score (nSPS) is 11.8. The number of methoxy groups -OCH3 is 2. The Morgan fingerprint density at radius 1 is 0.905 bits per heavy atom. The van der Waals surface area contributed by atoms with Gasteiger partial charge >= 0.3 is 0 Å². The van der Waals surface area contributed by atoms with Gasteiger partial charge in [0, 0.05) is 19.2 Å². The Morgan fingerprint density at radius 2 is 1.57 bits per heavy atom. The second kappa shape index (κ2) is 15.3. The van der Waals surface area contributed by atoms with E-state index in [1.54, 1.807) is 30.3 Å². The highest BCUT2D eigenvalue weighted by atomic mass is 32.2. The van der Waals surface area contributed by atoms with Crippen molar-refractivity contribution in [2.75, 3.05) is 31.6 Å². The number of hydrogen-bond donors (Lipinski definition) is 1. The first kappa shape index (κ1) is 32.5. The SMILES string of the molecule is CCCCNC(=O)C(CC)N(Cc1ccc(C)cc1)C(=O)CN(c1ccc(OC)c(OC)c1)S(=O)(=O)c1ccccc1. The topological polar surface area (TPSA) is 105 Å². The Labute approximate surface area is 249 Å². The quantitative estimate of drug-likeness (QED) is 0.250. The molecule has 226 valence electrons. The van der Waals surface area contributed by atoms with E-state index in [1.807, 2.05) is 45.0 Å². The molecule has 1 atom stereocenters. The molecule has 3 rings (SSSR count). The molecule has 3 aromatic rings. The maximum absolute atomic E-state index is 14.2. The zero-order valence-corrected chi connectivity index (χ0v) is 25.8. The second-order valence-corrected chi connectivity index (χ2v) is 11.8. The highest BCUT2D eigenvalue weighted by Crippen LogP contribution is 2.34. The van der Waals surface area contributed by atoms with Crippen molar-refractivity contribution < 1.29 is 27.5 Å². The summed E-state index contributed by atoms with van der Waals surface area (Å²) in [5.41, 5.74) is 2.12. The summed E-state index contributed by atoms with van der Waals surface area (Å²) in [7, 11) is -1.25. The number of carbonyl (C=O) groups excluding carboxylic acids is 2. The molecule has 0 heterocycles. The standard InChI is InChI=1S/C32H41N3O6S/c1-6-8-20-33-32(37)28(7-2)34(22-25-16-14-24(3)15-17-25)31(36)23-35(42(38,39)27-12-10-9-11-13-27)26-18-19-29(40-4)30(21-26)41-5/h9-19,21,28H,6-8,20,22-23H2,1-5H3,(H,33,37). The lowest BCUT2D eigenvalue weighted by Gasteiger charge is -2.33. The van der Waals surface area contributed by atoms with Gasteiger partial charge in [-0.3, -0.25) is 13.9 Å². The molecule has 0 saturated carbocycles. The monoisotopic (exact) mass is 595 g/mol. The van der Waals surface area contributed by atoms with E-state index in [0.29, 0.717) is 24.5 Å². The molecule has 1 unspecified atom stereocenters. The van der Waals surface area contributed by atoms with E-state index >= 15 is 0 Å². The predicted octanol–water partition coefficient (Wildman–Crippen LogP) is 4.93. The van der Waals surface area contributed by atoms with Crippen LogP contribution in [0.5, 0.6) is 11.5 Å². The third-order valence-electron chi connectivity index (χ3n) is 6.95. The number of amides is 2. The highest BCUT2D eigenvalue weighted by Gasteiger charge is 2.34. The second-order valence-electron chi connectivity index (χ2n) is 9.94. The molecule has 3 aromatic carbocycles. The zero-order valence-electron chi connectivity index (χ0n) is 25.0. The summed E-state index contributed by atoms with van der Waals surface area (Å²) in [6.45, 7) is 5.96. The number of hydrogen-bond acceptors (Lipinski definition) is 6. The summed E-state index contributed by atoms with van der Waals surface area (Å²) in [6.07, 6.45) is 2.09. The Bertz CT molecular complexity index is 1430. The molecule has 0 aliphatic heterocycles. The number of rotatable bonds is 15. The van der Waals surface area contributed by atoms with Crippen molar-refractivity contribution in [3.8, 4) is 11.5 Å². The van der Waals surface area contributed by atoms with E-state index < -0.39 is 28.5 Å². The Morgan fingerprint density at radius 3 is 2.17 bits per heavy atom. The maximum atomic E-state index is 14.2. The third-order valence-corrected chi connectivity index (χ3v) is 8.74. The van der Waals surface area contributed by atoms with Crippen molar-refractivity contribution in [2.45, 2.75) is 57.5 Å². The Balaban J connectivity index is 2.07. The number of sulfonamides is 1. The van der Waals surface area contributed by atoms with Crippen LogP contribution in [-0.4, -0.2) is 58.5 Å². The smallest absolute Gasteiger partial charge is 0.264 e.